The van der Waals surface area contributed by atoms with Crippen LogP contribution in [-0.2, 0) is 0 Å². The summed E-state index contributed by atoms with van der Waals surface area (Å²) in [7, 11) is 0. The largest absolute Gasteiger partial charge is 0.508 e. The van der Waals surface area contributed by atoms with E-state index in [-0.39, 0.29) is 11.7 Å². The summed E-state index contributed by atoms with van der Waals surface area (Å²) < 4.78 is 0. The van der Waals surface area contributed by atoms with E-state index < -0.39 is 0 Å². The van der Waals surface area contributed by atoms with Gasteiger partial charge in [-0.25, -0.2) is 0 Å². The van der Waals surface area contributed by atoms with Gasteiger partial charge in [-0.2, -0.15) is 5.26 Å². The van der Waals surface area contributed by atoms with Crippen molar-refractivity contribution in [2.24, 2.45) is 0 Å². The van der Waals surface area contributed by atoms with Crippen molar-refractivity contribution in [2.75, 3.05) is 6.54 Å². The SMILES string of the molecule is Cc1cc(C(=O)NCCCCC#N)ccc1O. The van der Waals surface area contributed by atoms with E-state index in [4.69, 9.17) is 5.26 Å². The fourth-order valence-corrected chi connectivity index (χ4v) is 1.43. The molecule has 0 aliphatic heterocycles. The lowest BCUT2D eigenvalue weighted by Gasteiger charge is -2.06. The number of carbonyl (C=O) groups is 1. The molecule has 2 N–H and O–H groups in total. The molecule has 0 radical (unpaired) electrons. The maximum atomic E-state index is 11.7. The maximum Gasteiger partial charge on any atom is 0.251 e. The van der Waals surface area contributed by atoms with Gasteiger partial charge in [-0.15, -0.1) is 0 Å². The fourth-order valence-electron chi connectivity index (χ4n) is 1.43. The number of rotatable bonds is 5. The highest BCUT2D eigenvalue weighted by molar-refractivity contribution is 5.94. The van der Waals surface area contributed by atoms with Gasteiger partial charge in [0.1, 0.15) is 5.75 Å². The first kappa shape index (κ1) is 13.0. The third-order valence-corrected chi connectivity index (χ3v) is 2.46. The van der Waals surface area contributed by atoms with Crippen LogP contribution in [0.2, 0.25) is 0 Å². The Hall–Kier alpha value is -2.02. The zero-order valence-electron chi connectivity index (χ0n) is 9.86. The number of nitrogens with zero attached hydrogens (tertiary/aromatic N) is 1. The molecule has 0 unspecified atom stereocenters. The van der Waals surface area contributed by atoms with E-state index in [0.29, 0.717) is 24.1 Å². The average Bonchev–Trinajstić information content (AvgIpc) is 2.32. The van der Waals surface area contributed by atoms with Gasteiger partial charge in [-0.05, 0) is 43.5 Å². The van der Waals surface area contributed by atoms with Crippen molar-refractivity contribution in [2.45, 2.75) is 26.2 Å². The molecule has 0 aliphatic rings. The summed E-state index contributed by atoms with van der Waals surface area (Å²) in [5.74, 6) is 0.0422. The van der Waals surface area contributed by atoms with Crippen LogP contribution < -0.4 is 5.32 Å². The molecule has 90 valence electrons. The van der Waals surface area contributed by atoms with Crippen molar-refractivity contribution in [1.29, 1.82) is 5.26 Å². The van der Waals surface area contributed by atoms with Gasteiger partial charge in [0, 0.05) is 18.5 Å². The Balaban J connectivity index is 2.42. The lowest BCUT2D eigenvalue weighted by molar-refractivity contribution is 0.0953. The zero-order chi connectivity index (χ0) is 12.7. The Bertz CT molecular complexity index is 436. The Morgan fingerprint density at radius 3 is 2.88 bits per heavy atom. The van der Waals surface area contributed by atoms with Crippen LogP contribution in [0.25, 0.3) is 0 Å². The van der Waals surface area contributed by atoms with Crippen molar-refractivity contribution in [3.05, 3.63) is 29.3 Å². The van der Waals surface area contributed by atoms with E-state index >= 15 is 0 Å². The molecule has 4 nitrogen and oxygen atoms in total. The number of unbranched alkanes of at least 4 members (excludes halogenated alkanes) is 2. The van der Waals surface area contributed by atoms with Gasteiger partial charge in [0.2, 0.25) is 0 Å². The molecule has 0 spiro atoms. The van der Waals surface area contributed by atoms with Crippen LogP contribution in [0.5, 0.6) is 5.75 Å². The van der Waals surface area contributed by atoms with Crippen molar-refractivity contribution in [3.8, 4) is 11.8 Å². The first-order chi connectivity index (χ1) is 8.15. The zero-order valence-corrected chi connectivity index (χ0v) is 9.86. The number of nitriles is 1. The minimum atomic E-state index is -0.148. The predicted octanol–water partition coefficient (Wildman–Crippen LogP) is 2.12. The van der Waals surface area contributed by atoms with Crippen LogP contribution in [0.15, 0.2) is 18.2 Å². The number of aryl methyl sites for hydroxylation is 1. The van der Waals surface area contributed by atoms with Crippen molar-refractivity contribution in [3.63, 3.8) is 0 Å². The third kappa shape index (κ3) is 4.15. The van der Waals surface area contributed by atoms with E-state index in [1.54, 1.807) is 19.1 Å². The first-order valence-electron chi connectivity index (χ1n) is 5.60. The molecular formula is C13H16N2O2. The van der Waals surface area contributed by atoms with Crippen molar-refractivity contribution < 1.29 is 9.90 Å². The molecule has 0 atom stereocenters. The molecule has 0 aromatic heterocycles. The van der Waals surface area contributed by atoms with Crippen LogP contribution in [0.4, 0.5) is 0 Å². The number of benzene rings is 1. The second-order valence-electron chi connectivity index (χ2n) is 3.87. The molecule has 1 amide bonds. The summed E-state index contributed by atoms with van der Waals surface area (Å²) >= 11 is 0. The number of carbonyl (C=O) groups excluding carboxylic acids is 1. The van der Waals surface area contributed by atoms with Crippen LogP contribution in [0.3, 0.4) is 0 Å². The second kappa shape index (κ2) is 6.54. The standard InChI is InChI=1S/C13H16N2O2/c1-10-9-11(5-6-12(10)16)13(17)15-8-4-2-3-7-14/h5-6,9,16H,2-4,8H2,1H3,(H,15,17). The highest BCUT2D eigenvalue weighted by Crippen LogP contribution is 2.16. The maximum absolute atomic E-state index is 11.7. The number of hydrogen-bond acceptors (Lipinski definition) is 3. The van der Waals surface area contributed by atoms with E-state index in [1.165, 1.54) is 6.07 Å². The Morgan fingerprint density at radius 1 is 1.47 bits per heavy atom. The smallest absolute Gasteiger partial charge is 0.251 e. The molecule has 1 rings (SSSR count). The molecule has 0 aliphatic carbocycles. The molecule has 0 saturated carbocycles. The third-order valence-electron chi connectivity index (χ3n) is 2.46. The normalized spacial score (nSPS) is 9.65. The molecule has 0 heterocycles. The summed E-state index contributed by atoms with van der Waals surface area (Å²) in [6, 6.07) is 6.82. The molecule has 1 aromatic carbocycles. The Kier molecular flexibility index (Phi) is 5.02. The minimum absolute atomic E-state index is 0.148. The Morgan fingerprint density at radius 2 is 2.24 bits per heavy atom. The predicted molar refractivity (Wildman–Crippen MR) is 64.6 cm³/mol. The van der Waals surface area contributed by atoms with Crippen molar-refractivity contribution >= 4 is 5.91 Å². The van der Waals surface area contributed by atoms with Crippen LogP contribution in [-0.4, -0.2) is 17.6 Å². The Labute approximate surface area is 101 Å². The fraction of sp³-hybridized carbons (Fsp3) is 0.385. The number of phenols is 1. The van der Waals surface area contributed by atoms with E-state index in [1.807, 2.05) is 0 Å². The summed E-state index contributed by atoms with van der Waals surface area (Å²) in [5, 5.41) is 20.5. The number of amides is 1. The van der Waals surface area contributed by atoms with Gasteiger partial charge >= 0.3 is 0 Å². The topological polar surface area (TPSA) is 73.1 Å². The lowest BCUT2D eigenvalue weighted by atomic mass is 10.1. The van der Waals surface area contributed by atoms with Gasteiger partial charge in [0.15, 0.2) is 0 Å². The van der Waals surface area contributed by atoms with Crippen LogP contribution >= 0.6 is 0 Å². The highest BCUT2D eigenvalue weighted by Gasteiger charge is 2.06. The summed E-state index contributed by atoms with van der Waals surface area (Å²) in [6.07, 6.45) is 2.12. The molecule has 4 heteroatoms. The van der Waals surface area contributed by atoms with Crippen LogP contribution in [0, 0.1) is 18.3 Å². The molecule has 0 bridgehead atoms. The first-order valence-corrected chi connectivity index (χ1v) is 5.60. The molecule has 1 aromatic rings. The van der Waals surface area contributed by atoms with E-state index in [2.05, 4.69) is 11.4 Å². The minimum Gasteiger partial charge on any atom is -0.508 e. The van der Waals surface area contributed by atoms with Crippen molar-refractivity contribution in [1.82, 2.24) is 5.32 Å². The van der Waals surface area contributed by atoms with Gasteiger partial charge in [-0.1, -0.05) is 0 Å². The molecule has 17 heavy (non-hydrogen) atoms. The van der Waals surface area contributed by atoms with Gasteiger partial charge in [0.05, 0.1) is 6.07 Å². The van der Waals surface area contributed by atoms with E-state index in [0.717, 1.165) is 12.8 Å². The second-order valence-corrected chi connectivity index (χ2v) is 3.87. The quantitative estimate of drug-likeness (QED) is 0.764. The summed E-state index contributed by atoms with van der Waals surface area (Å²) in [5.41, 5.74) is 1.22. The number of nitrogens with one attached hydrogen (secondary N) is 1. The van der Waals surface area contributed by atoms with Crippen LogP contribution in [0.1, 0.15) is 35.2 Å². The molecular weight excluding hydrogens is 216 g/mol. The van der Waals surface area contributed by atoms with Gasteiger partial charge in [-0.3, -0.25) is 4.79 Å². The van der Waals surface area contributed by atoms with E-state index in [9.17, 15) is 9.90 Å². The number of hydrogen-bond donors (Lipinski definition) is 2. The monoisotopic (exact) mass is 232 g/mol. The summed E-state index contributed by atoms with van der Waals surface area (Å²) in [6.45, 7) is 2.32. The summed E-state index contributed by atoms with van der Waals surface area (Å²) in [4.78, 5) is 11.7. The number of phenolic OH excluding ortho intramolecular Hbond substituents is 1. The molecule has 0 saturated heterocycles. The van der Waals surface area contributed by atoms with Gasteiger partial charge in [0.25, 0.3) is 5.91 Å². The average molecular weight is 232 g/mol. The van der Waals surface area contributed by atoms with Gasteiger partial charge < -0.3 is 10.4 Å². The highest BCUT2D eigenvalue weighted by atomic mass is 16.3. The lowest BCUT2D eigenvalue weighted by Crippen LogP contribution is -2.24. The molecule has 0 fully saturated rings. The number of aromatic hydroxyl groups is 1.